The van der Waals surface area contributed by atoms with Gasteiger partial charge in [-0.15, -0.1) is 10.1 Å². The Labute approximate surface area is 101 Å². The number of nitro groups is 1. The third-order valence-corrected chi connectivity index (χ3v) is 1.56. The number of hydrogen-bond donors (Lipinski definition) is 3. The Hall–Kier alpha value is -2.91. The molecule has 0 aromatic heterocycles. The van der Waals surface area contributed by atoms with Crippen LogP contribution in [0.3, 0.4) is 0 Å². The smallest absolute Gasteiger partial charge is 0.299 e. The second-order valence-electron chi connectivity index (χ2n) is 2.98. The fourth-order valence-electron chi connectivity index (χ4n) is 0.881. The van der Waals surface area contributed by atoms with E-state index < -0.39 is 10.0 Å². The number of aryl methyl sites for hydroxylation is 1. The van der Waals surface area contributed by atoms with E-state index in [0.717, 1.165) is 6.07 Å². The van der Waals surface area contributed by atoms with Gasteiger partial charge in [0.2, 0.25) is 0 Å². The first-order valence-electron chi connectivity index (χ1n) is 4.41. The lowest BCUT2D eigenvalue weighted by atomic mass is 10.2. The van der Waals surface area contributed by atoms with Crippen molar-refractivity contribution in [3.63, 3.8) is 0 Å². The summed E-state index contributed by atoms with van der Waals surface area (Å²) in [5, 5.41) is 25.4. The van der Waals surface area contributed by atoms with Crippen molar-refractivity contribution in [1.82, 2.24) is 0 Å². The molecule has 18 heavy (non-hydrogen) atoms. The highest BCUT2D eigenvalue weighted by Gasteiger charge is 2.11. The maximum atomic E-state index is 10.3. The van der Waals surface area contributed by atoms with Crippen molar-refractivity contribution in [3.8, 4) is 5.75 Å². The highest BCUT2D eigenvalue weighted by atomic mass is 17.0. The fraction of sp³-hybridized carbons (Fsp3) is 0.125. The number of non-ortho nitro benzene ring substituents is 1. The molecule has 0 unspecified atom stereocenters. The normalized spacial score (nSPS) is 8.72. The Bertz CT molecular complexity index is 471. The van der Waals surface area contributed by atoms with Crippen LogP contribution in [-0.4, -0.2) is 16.0 Å². The predicted octanol–water partition coefficient (Wildman–Crippen LogP) is 0.312. The third kappa shape index (κ3) is 5.85. The molecular formula is C8H11N5O5. The van der Waals surface area contributed by atoms with Gasteiger partial charge in [0, 0.05) is 12.1 Å². The molecule has 0 saturated carbocycles. The molecule has 0 atom stereocenters. The van der Waals surface area contributed by atoms with Gasteiger partial charge in [-0.3, -0.25) is 20.4 Å². The lowest BCUT2D eigenvalue weighted by Gasteiger charge is -2.01. The minimum atomic E-state index is -1.01. The van der Waals surface area contributed by atoms with Gasteiger partial charge in [0.1, 0.15) is 5.75 Å². The molecule has 10 nitrogen and oxygen atoms in total. The number of benzene rings is 1. The Morgan fingerprint density at radius 3 is 2.22 bits per heavy atom. The average molecular weight is 257 g/mol. The molecule has 0 radical (unpaired) electrons. The van der Waals surface area contributed by atoms with Crippen molar-refractivity contribution in [2.45, 2.75) is 6.92 Å². The van der Waals surface area contributed by atoms with Crippen LogP contribution >= 0.6 is 0 Å². The zero-order valence-electron chi connectivity index (χ0n) is 9.32. The predicted molar refractivity (Wildman–Crippen MR) is 61.6 cm³/mol. The number of rotatable bonds is 3. The largest absolute Gasteiger partial charge is 0.370 e. The summed E-state index contributed by atoms with van der Waals surface area (Å²) in [7, 11) is 0. The highest BCUT2D eigenvalue weighted by molar-refractivity contribution is 5.71. The molecule has 0 heterocycles. The fourth-order valence-corrected chi connectivity index (χ4v) is 0.881. The Morgan fingerprint density at radius 2 is 1.83 bits per heavy atom. The average Bonchev–Trinajstić information content (AvgIpc) is 2.19. The lowest BCUT2D eigenvalue weighted by molar-refractivity contribution is -0.711. The van der Waals surface area contributed by atoms with Gasteiger partial charge in [-0.05, 0) is 12.5 Å². The van der Waals surface area contributed by atoms with Crippen molar-refractivity contribution in [1.29, 1.82) is 5.41 Å². The van der Waals surface area contributed by atoms with Crippen molar-refractivity contribution < 1.29 is 14.8 Å². The van der Waals surface area contributed by atoms with Gasteiger partial charge in [-0.25, -0.2) is 0 Å². The molecule has 0 amide bonds. The van der Waals surface area contributed by atoms with E-state index in [1.807, 2.05) is 0 Å². The molecule has 0 aliphatic heterocycles. The number of hydrogen-bond acceptors (Lipinski definition) is 6. The van der Waals surface area contributed by atoms with Crippen LogP contribution in [0.15, 0.2) is 18.2 Å². The molecule has 0 spiro atoms. The number of guanidine groups is 1. The first-order valence-corrected chi connectivity index (χ1v) is 4.41. The molecule has 0 saturated heterocycles. The quantitative estimate of drug-likeness (QED) is 0.302. The third-order valence-electron chi connectivity index (χ3n) is 1.56. The molecule has 0 aliphatic rings. The summed E-state index contributed by atoms with van der Waals surface area (Å²) in [4.78, 5) is 23.9. The van der Waals surface area contributed by atoms with Gasteiger partial charge in [-0.2, -0.15) is 0 Å². The van der Waals surface area contributed by atoms with Gasteiger partial charge in [-0.1, -0.05) is 6.07 Å². The van der Waals surface area contributed by atoms with Crippen LogP contribution < -0.4 is 16.3 Å². The van der Waals surface area contributed by atoms with E-state index >= 15 is 0 Å². The first-order chi connectivity index (χ1) is 8.23. The molecule has 1 aromatic rings. The molecule has 98 valence electrons. The summed E-state index contributed by atoms with van der Waals surface area (Å²) in [5.41, 5.74) is 9.17. The number of nitrogens with zero attached hydrogens (tertiary/aromatic N) is 2. The SMILES string of the molecule is Cc1ccc([N+](=O)[O-])cc1O[N+](=O)[O-].N=C(N)N. The number of nitrogens with two attached hydrogens (primary N) is 2. The van der Waals surface area contributed by atoms with Crippen molar-refractivity contribution in [2.75, 3.05) is 0 Å². The van der Waals surface area contributed by atoms with E-state index in [0.29, 0.717) is 5.56 Å². The van der Waals surface area contributed by atoms with Crippen LogP contribution in [0.2, 0.25) is 0 Å². The lowest BCUT2D eigenvalue weighted by Crippen LogP contribution is -2.20. The summed E-state index contributed by atoms with van der Waals surface area (Å²) in [6.45, 7) is 1.56. The summed E-state index contributed by atoms with van der Waals surface area (Å²) in [6, 6.07) is 3.65. The summed E-state index contributed by atoms with van der Waals surface area (Å²) < 4.78 is 0. The van der Waals surface area contributed by atoms with E-state index in [1.165, 1.54) is 12.1 Å². The van der Waals surface area contributed by atoms with E-state index in [9.17, 15) is 20.2 Å². The topological polar surface area (TPSA) is 171 Å². The minimum Gasteiger partial charge on any atom is -0.370 e. The van der Waals surface area contributed by atoms with Crippen molar-refractivity contribution in [3.05, 3.63) is 44.0 Å². The highest BCUT2D eigenvalue weighted by Crippen LogP contribution is 2.23. The van der Waals surface area contributed by atoms with E-state index in [4.69, 9.17) is 5.41 Å². The molecule has 0 aliphatic carbocycles. The van der Waals surface area contributed by atoms with Crippen LogP contribution in [-0.2, 0) is 0 Å². The van der Waals surface area contributed by atoms with Gasteiger partial charge in [0.25, 0.3) is 10.8 Å². The van der Waals surface area contributed by atoms with Gasteiger partial charge in [0.15, 0.2) is 5.96 Å². The Morgan fingerprint density at radius 1 is 1.33 bits per heavy atom. The van der Waals surface area contributed by atoms with E-state index in [2.05, 4.69) is 16.3 Å². The number of nitro benzene ring substituents is 1. The van der Waals surface area contributed by atoms with E-state index in [-0.39, 0.29) is 17.4 Å². The molecule has 1 rings (SSSR count). The Kier molecular flexibility index (Phi) is 5.55. The second-order valence-corrected chi connectivity index (χ2v) is 2.98. The molecule has 0 bridgehead atoms. The van der Waals surface area contributed by atoms with Crippen LogP contribution in [0.25, 0.3) is 0 Å². The minimum absolute atomic E-state index is 0.121. The molecule has 10 heteroatoms. The van der Waals surface area contributed by atoms with Gasteiger partial charge < -0.3 is 11.5 Å². The molecular weight excluding hydrogens is 246 g/mol. The van der Waals surface area contributed by atoms with Crippen molar-refractivity contribution >= 4 is 11.6 Å². The Balaban J connectivity index is 0.000000631. The van der Waals surface area contributed by atoms with Crippen LogP contribution in [0.5, 0.6) is 5.75 Å². The second kappa shape index (κ2) is 6.62. The standard InChI is InChI=1S/C7H6N2O5.CH5N3/c1-5-2-3-6(8(10)11)4-7(5)14-9(12)13;2-1(3)4/h2-4H,1H3;(H5,2,3,4). The number of nitrogens with one attached hydrogen (secondary N) is 1. The molecule has 5 N–H and O–H groups in total. The monoisotopic (exact) mass is 257 g/mol. The molecule has 0 fully saturated rings. The van der Waals surface area contributed by atoms with Crippen molar-refractivity contribution in [2.24, 2.45) is 11.5 Å². The van der Waals surface area contributed by atoms with Gasteiger partial charge >= 0.3 is 0 Å². The van der Waals surface area contributed by atoms with Crippen LogP contribution in [0, 0.1) is 32.6 Å². The summed E-state index contributed by atoms with van der Waals surface area (Å²) in [6.07, 6.45) is 0. The maximum absolute atomic E-state index is 10.3. The zero-order chi connectivity index (χ0) is 14.3. The molecule has 1 aromatic carbocycles. The van der Waals surface area contributed by atoms with Gasteiger partial charge in [0.05, 0.1) is 4.92 Å². The summed E-state index contributed by atoms with van der Waals surface area (Å²) >= 11 is 0. The zero-order valence-corrected chi connectivity index (χ0v) is 9.32. The van der Waals surface area contributed by atoms with Crippen LogP contribution in [0.1, 0.15) is 5.56 Å². The summed E-state index contributed by atoms with van der Waals surface area (Å²) in [5.74, 6) is -0.454. The van der Waals surface area contributed by atoms with Crippen LogP contribution in [0.4, 0.5) is 5.69 Å². The first kappa shape index (κ1) is 15.1. The maximum Gasteiger partial charge on any atom is 0.299 e. The van der Waals surface area contributed by atoms with E-state index in [1.54, 1.807) is 6.92 Å².